The zero-order chi connectivity index (χ0) is 17.7. The molecule has 0 amide bonds. The topological polar surface area (TPSA) is 59.9 Å². The Morgan fingerprint density at radius 1 is 1.04 bits per heavy atom. The predicted molar refractivity (Wildman–Crippen MR) is 122 cm³/mol. The Bertz CT molecular complexity index is 367. The summed E-state index contributed by atoms with van der Waals surface area (Å²) < 4.78 is 0. The highest BCUT2D eigenvalue weighted by molar-refractivity contribution is 14.0. The molecule has 6 heteroatoms. The van der Waals surface area contributed by atoms with Gasteiger partial charge in [-0.1, -0.05) is 32.1 Å². The molecule has 0 aromatic heterocycles. The van der Waals surface area contributed by atoms with E-state index in [0.717, 1.165) is 70.4 Å². The molecule has 0 radical (unpaired) electrons. The summed E-state index contributed by atoms with van der Waals surface area (Å²) in [6.07, 6.45) is 12.7. The number of likely N-dealkylation sites (tertiary alicyclic amines) is 1. The lowest BCUT2D eigenvalue weighted by Crippen LogP contribution is -2.38. The van der Waals surface area contributed by atoms with Gasteiger partial charge in [0.15, 0.2) is 5.96 Å². The van der Waals surface area contributed by atoms with Crippen LogP contribution in [-0.2, 0) is 0 Å². The van der Waals surface area contributed by atoms with Gasteiger partial charge in [-0.05, 0) is 51.5 Å². The quantitative estimate of drug-likeness (QED) is 0.205. The van der Waals surface area contributed by atoms with E-state index in [1.54, 1.807) is 0 Å². The van der Waals surface area contributed by atoms with E-state index in [9.17, 15) is 5.11 Å². The third-order valence-electron chi connectivity index (χ3n) is 5.61. The van der Waals surface area contributed by atoms with Gasteiger partial charge in [0, 0.05) is 32.7 Å². The lowest BCUT2D eigenvalue weighted by molar-refractivity contribution is 0.0824. The van der Waals surface area contributed by atoms with Crippen LogP contribution >= 0.6 is 24.0 Å². The number of hydrogen-bond acceptors (Lipinski definition) is 3. The van der Waals surface area contributed by atoms with Gasteiger partial charge in [-0.3, -0.25) is 4.99 Å². The SMILES string of the molecule is CCNC(=NCCCN1CCC(O)CC1)NCCCC1CCCCC1.I. The molecule has 26 heavy (non-hydrogen) atoms. The third kappa shape index (κ3) is 10.3. The molecule has 2 fully saturated rings. The fourth-order valence-corrected chi connectivity index (χ4v) is 4.04. The third-order valence-corrected chi connectivity index (χ3v) is 5.61. The fraction of sp³-hybridized carbons (Fsp3) is 0.950. The number of nitrogens with one attached hydrogen (secondary N) is 2. The molecular weight excluding hydrogens is 439 g/mol. The summed E-state index contributed by atoms with van der Waals surface area (Å²) in [7, 11) is 0. The van der Waals surface area contributed by atoms with E-state index in [1.165, 1.54) is 44.9 Å². The molecule has 1 saturated carbocycles. The zero-order valence-electron chi connectivity index (χ0n) is 16.7. The van der Waals surface area contributed by atoms with Gasteiger partial charge in [0.25, 0.3) is 0 Å². The molecule has 1 saturated heterocycles. The van der Waals surface area contributed by atoms with Gasteiger partial charge >= 0.3 is 0 Å². The number of halogens is 1. The molecule has 0 unspecified atom stereocenters. The van der Waals surface area contributed by atoms with E-state index >= 15 is 0 Å². The van der Waals surface area contributed by atoms with Crippen LogP contribution in [0, 0.1) is 5.92 Å². The van der Waals surface area contributed by atoms with E-state index in [1.807, 2.05) is 0 Å². The first-order valence-corrected chi connectivity index (χ1v) is 10.7. The summed E-state index contributed by atoms with van der Waals surface area (Å²) in [6, 6.07) is 0. The first kappa shape index (κ1) is 24.0. The lowest BCUT2D eigenvalue weighted by Gasteiger charge is -2.29. The van der Waals surface area contributed by atoms with Crippen molar-refractivity contribution in [3.8, 4) is 0 Å². The Labute approximate surface area is 177 Å². The maximum absolute atomic E-state index is 9.55. The zero-order valence-corrected chi connectivity index (χ0v) is 19.0. The monoisotopic (exact) mass is 480 g/mol. The Morgan fingerprint density at radius 3 is 2.46 bits per heavy atom. The molecule has 0 atom stereocenters. The van der Waals surface area contributed by atoms with Crippen molar-refractivity contribution < 1.29 is 5.11 Å². The van der Waals surface area contributed by atoms with Crippen molar-refractivity contribution in [2.75, 3.05) is 39.3 Å². The first-order chi connectivity index (χ1) is 12.3. The van der Waals surface area contributed by atoms with E-state index < -0.39 is 0 Å². The molecule has 2 aliphatic rings. The number of nitrogens with zero attached hydrogens (tertiary/aromatic N) is 2. The van der Waals surface area contributed by atoms with Crippen LogP contribution < -0.4 is 10.6 Å². The Balaban J connectivity index is 0.00000338. The number of aliphatic hydroxyl groups excluding tert-OH is 1. The van der Waals surface area contributed by atoms with Gasteiger partial charge < -0.3 is 20.6 Å². The maximum atomic E-state index is 9.55. The summed E-state index contributed by atoms with van der Waals surface area (Å²) in [4.78, 5) is 7.17. The number of aliphatic imine (C=N–C) groups is 1. The highest BCUT2D eigenvalue weighted by Crippen LogP contribution is 2.26. The summed E-state index contributed by atoms with van der Waals surface area (Å²) >= 11 is 0. The second-order valence-corrected chi connectivity index (χ2v) is 7.76. The van der Waals surface area contributed by atoms with Crippen LogP contribution in [0.25, 0.3) is 0 Å². The Hall–Kier alpha value is -0.0800. The van der Waals surface area contributed by atoms with Crippen molar-refractivity contribution in [2.24, 2.45) is 10.9 Å². The average Bonchev–Trinajstić information content (AvgIpc) is 2.64. The molecule has 1 heterocycles. The molecular formula is C20H41IN4O. The van der Waals surface area contributed by atoms with Gasteiger partial charge in [0.2, 0.25) is 0 Å². The molecule has 0 aromatic carbocycles. The van der Waals surface area contributed by atoms with E-state index in [0.29, 0.717) is 0 Å². The minimum Gasteiger partial charge on any atom is -0.393 e. The molecule has 0 aromatic rings. The molecule has 0 bridgehead atoms. The molecule has 5 nitrogen and oxygen atoms in total. The normalized spacial score (nSPS) is 20.6. The number of guanidine groups is 1. The van der Waals surface area contributed by atoms with Crippen LogP contribution in [-0.4, -0.2) is 61.3 Å². The molecule has 154 valence electrons. The molecule has 0 spiro atoms. The van der Waals surface area contributed by atoms with Crippen molar-refractivity contribution in [3.05, 3.63) is 0 Å². The number of hydrogen-bond donors (Lipinski definition) is 3. The van der Waals surface area contributed by atoms with Gasteiger partial charge in [0.05, 0.1) is 6.10 Å². The van der Waals surface area contributed by atoms with Crippen LogP contribution in [0.1, 0.15) is 71.1 Å². The lowest BCUT2D eigenvalue weighted by atomic mass is 9.86. The van der Waals surface area contributed by atoms with Crippen molar-refractivity contribution in [3.63, 3.8) is 0 Å². The largest absolute Gasteiger partial charge is 0.393 e. The summed E-state index contributed by atoms with van der Waals surface area (Å²) in [5, 5.41) is 16.4. The summed E-state index contributed by atoms with van der Waals surface area (Å²) in [6.45, 7) is 8.10. The molecule has 3 N–H and O–H groups in total. The fourth-order valence-electron chi connectivity index (χ4n) is 4.04. The van der Waals surface area contributed by atoms with Crippen molar-refractivity contribution >= 4 is 29.9 Å². The van der Waals surface area contributed by atoms with Gasteiger partial charge in [-0.15, -0.1) is 24.0 Å². The van der Waals surface area contributed by atoms with E-state index in [-0.39, 0.29) is 30.1 Å². The molecule has 1 aliphatic heterocycles. The predicted octanol–water partition coefficient (Wildman–Crippen LogP) is 3.37. The molecule has 2 rings (SSSR count). The van der Waals surface area contributed by atoms with Crippen molar-refractivity contribution in [1.29, 1.82) is 0 Å². The maximum Gasteiger partial charge on any atom is 0.191 e. The van der Waals surface area contributed by atoms with Crippen molar-refractivity contribution in [1.82, 2.24) is 15.5 Å². The van der Waals surface area contributed by atoms with Crippen LogP contribution in [0.4, 0.5) is 0 Å². The van der Waals surface area contributed by atoms with E-state index in [4.69, 9.17) is 4.99 Å². The average molecular weight is 480 g/mol. The Morgan fingerprint density at radius 2 is 1.77 bits per heavy atom. The van der Waals surface area contributed by atoms with Gasteiger partial charge in [0.1, 0.15) is 0 Å². The van der Waals surface area contributed by atoms with Crippen LogP contribution in [0.5, 0.6) is 0 Å². The van der Waals surface area contributed by atoms with Gasteiger partial charge in [-0.2, -0.15) is 0 Å². The van der Waals surface area contributed by atoms with Crippen LogP contribution in [0.15, 0.2) is 4.99 Å². The van der Waals surface area contributed by atoms with Gasteiger partial charge in [-0.25, -0.2) is 0 Å². The summed E-state index contributed by atoms with van der Waals surface area (Å²) in [5.74, 6) is 1.94. The molecule has 1 aliphatic carbocycles. The number of piperidine rings is 1. The number of rotatable bonds is 9. The second-order valence-electron chi connectivity index (χ2n) is 7.76. The number of aliphatic hydroxyl groups is 1. The minimum absolute atomic E-state index is 0. The van der Waals surface area contributed by atoms with Crippen molar-refractivity contribution in [2.45, 2.75) is 77.2 Å². The standard InChI is InChI=1S/C20H40N4O.HI/c1-2-21-20(22-13-6-10-18-8-4-3-5-9-18)23-14-7-15-24-16-11-19(25)12-17-24;/h18-19,25H,2-17H2,1H3,(H2,21,22,23);1H. The highest BCUT2D eigenvalue weighted by Gasteiger charge is 2.16. The highest BCUT2D eigenvalue weighted by atomic mass is 127. The second kappa shape index (κ2) is 14.9. The van der Waals surface area contributed by atoms with Crippen LogP contribution in [0.2, 0.25) is 0 Å². The smallest absolute Gasteiger partial charge is 0.191 e. The first-order valence-electron chi connectivity index (χ1n) is 10.7. The minimum atomic E-state index is -0.0764. The summed E-state index contributed by atoms with van der Waals surface area (Å²) in [5.41, 5.74) is 0. The van der Waals surface area contributed by atoms with E-state index in [2.05, 4.69) is 22.5 Å². The van der Waals surface area contributed by atoms with Crippen LogP contribution in [0.3, 0.4) is 0 Å². The Kier molecular flexibility index (Phi) is 13.7.